The van der Waals surface area contributed by atoms with Crippen LogP contribution in [0, 0.1) is 11.7 Å². The molecule has 10 nitrogen and oxygen atoms in total. The van der Waals surface area contributed by atoms with E-state index in [0.29, 0.717) is 47.2 Å². The van der Waals surface area contributed by atoms with Gasteiger partial charge in [-0.3, -0.25) is 15.6 Å². The lowest BCUT2D eigenvalue weighted by Gasteiger charge is -2.21. The third kappa shape index (κ3) is 10.8. The van der Waals surface area contributed by atoms with Crippen molar-refractivity contribution in [3.8, 4) is 0 Å². The van der Waals surface area contributed by atoms with E-state index in [0.717, 1.165) is 24.2 Å². The number of hydrogen-bond donors (Lipinski definition) is 6. The van der Waals surface area contributed by atoms with Crippen LogP contribution in [0.4, 0.5) is 46.8 Å². The summed E-state index contributed by atoms with van der Waals surface area (Å²) in [4.78, 5) is 26.1. The number of carbonyl (C=O) groups excluding carboxylic acids is 1. The van der Waals surface area contributed by atoms with E-state index in [9.17, 15) is 22.4 Å². The minimum Gasteiger partial charge on any atom is -0.354 e. The summed E-state index contributed by atoms with van der Waals surface area (Å²) in [5, 5.41) is 12.5. The molecule has 1 amide bonds. The molecule has 1 heterocycles. The quantitative estimate of drug-likeness (QED) is 0.0563. The number of hydrazine groups is 1. The fourth-order valence-electron chi connectivity index (χ4n) is 5.10. The maximum atomic E-state index is 13.3. The first-order chi connectivity index (χ1) is 23.1. The van der Waals surface area contributed by atoms with Gasteiger partial charge in [0.25, 0.3) is 0 Å². The predicted octanol–water partition coefficient (Wildman–Crippen LogP) is 6.94. The molecule has 252 valence electrons. The van der Waals surface area contributed by atoms with Crippen LogP contribution in [0.25, 0.3) is 0 Å². The van der Waals surface area contributed by atoms with Gasteiger partial charge in [0.2, 0.25) is 23.8 Å². The molecular weight excluding hydrogens is 646 g/mol. The molecule has 1 fully saturated rings. The van der Waals surface area contributed by atoms with Gasteiger partial charge in [-0.25, -0.2) is 4.39 Å². The summed E-state index contributed by atoms with van der Waals surface area (Å²) in [5.41, 5.74) is 6.84. The Hall–Kier alpha value is -5.05. The Bertz CT molecular complexity index is 1670. The smallest absolute Gasteiger partial charge is 0.354 e. The molecule has 0 atom stereocenters. The first-order valence-electron chi connectivity index (χ1n) is 15.5. The molecule has 0 radical (unpaired) electrons. The van der Waals surface area contributed by atoms with Crippen molar-refractivity contribution in [2.45, 2.75) is 51.2 Å². The number of thiocarbonyl (C=S) groups is 1. The zero-order valence-electron chi connectivity index (χ0n) is 25.8. The maximum absolute atomic E-state index is 13.3. The molecule has 3 aromatic carbocycles. The summed E-state index contributed by atoms with van der Waals surface area (Å²) in [7, 11) is 0. The number of carbonyl (C=O) groups is 1. The van der Waals surface area contributed by atoms with Crippen LogP contribution in [0.15, 0.2) is 72.8 Å². The minimum atomic E-state index is -4.44. The van der Waals surface area contributed by atoms with E-state index in [1.54, 1.807) is 36.4 Å². The van der Waals surface area contributed by atoms with Gasteiger partial charge in [0.05, 0.1) is 12.0 Å². The van der Waals surface area contributed by atoms with Crippen molar-refractivity contribution in [1.82, 2.24) is 25.8 Å². The van der Waals surface area contributed by atoms with E-state index in [1.807, 2.05) is 0 Å². The maximum Gasteiger partial charge on any atom is 0.416 e. The van der Waals surface area contributed by atoms with Crippen molar-refractivity contribution in [2.24, 2.45) is 5.92 Å². The van der Waals surface area contributed by atoms with Crippen LogP contribution < -0.4 is 32.1 Å². The second kappa shape index (κ2) is 16.2. The molecule has 0 saturated heterocycles. The Morgan fingerprint density at radius 2 is 1.35 bits per heavy atom. The van der Waals surface area contributed by atoms with Crippen molar-refractivity contribution in [2.75, 3.05) is 27.8 Å². The van der Waals surface area contributed by atoms with Gasteiger partial charge in [-0.2, -0.15) is 28.1 Å². The van der Waals surface area contributed by atoms with Crippen LogP contribution in [-0.2, 0) is 23.9 Å². The number of anilines is 5. The van der Waals surface area contributed by atoms with Gasteiger partial charge < -0.3 is 21.3 Å². The van der Waals surface area contributed by atoms with Crippen LogP contribution >= 0.6 is 12.2 Å². The lowest BCUT2D eigenvalue weighted by Crippen LogP contribution is -2.44. The molecule has 6 N–H and O–H groups in total. The molecule has 1 aliphatic rings. The first-order valence-corrected chi connectivity index (χ1v) is 15.9. The van der Waals surface area contributed by atoms with E-state index in [1.165, 1.54) is 56.4 Å². The number of benzene rings is 3. The molecule has 5 rings (SSSR count). The van der Waals surface area contributed by atoms with E-state index in [4.69, 9.17) is 12.2 Å². The van der Waals surface area contributed by atoms with E-state index >= 15 is 0 Å². The summed E-state index contributed by atoms with van der Waals surface area (Å²) < 4.78 is 51.6. The molecule has 0 aliphatic heterocycles. The van der Waals surface area contributed by atoms with Crippen molar-refractivity contribution >= 4 is 52.5 Å². The van der Waals surface area contributed by atoms with Crippen molar-refractivity contribution in [1.29, 1.82) is 0 Å². The minimum absolute atomic E-state index is 0.0131. The first kappa shape index (κ1) is 34.3. The second-order valence-electron chi connectivity index (χ2n) is 11.4. The topological polar surface area (TPSA) is 128 Å². The van der Waals surface area contributed by atoms with Gasteiger partial charge in [0.15, 0.2) is 5.11 Å². The third-order valence-corrected chi connectivity index (χ3v) is 7.84. The molecule has 0 spiro atoms. The molecule has 1 saturated carbocycles. The number of aromatic nitrogens is 3. The summed E-state index contributed by atoms with van der Waals surface area (Å²) >= 11 is 5.11. The van der Waals surface area contributed by atoms with E-state index in [-0.39, 0.29) is 23.3 Å². The lowest BCUT2D eigenvalue weighted by molar-refractivity contribution is -0.137. The standard InChI is InChI=1S/C33H35F4N9OS/c34-25-12-6-23(7-13-25)20-39-30-42-29(38-19-22-4-2-1-3-5-22)43-31(44-30)40-26-14-8-21(9-15-26)18-28(47)45-46-32(48)41-27-16-10-24(11-17-27)33(35,36)37/h6-17,22H,1-5,18-20H2,(H,45,47)(H2,41,46,48)(H3,38,39,40,42,43,44). The zero-order chi connectivity index (χ0) is 33.9. The second-order valence-corrected chi connectivity index (χ2v) is 11.8. The summed E-state index contributed by atoms with van der Waals surface area (Å²) in [6.45, 7) is 1.16. The highest BCUT2D eigenvalue weighted by atomic mass is 32.1. The number of hydrogen-bond acceptors (Lipinski definition) is 8. The molecule has 0 unspecified atom stereocenters. The zero-order valence-corrected chi connectivity index (χ0v) is 26.6. The van der Waals surface area contributed by atoms with Crippen molar-refractivity contribution in [3.63, 3.8) is 0 Å². The number of nitrogens with one attached hydrogen (secondary N) is 6. The average molecular weight is 682 g/mol. The van der Waals surface area contributed by atoms with Crippen LogP contribution in [0.1, 0.15) is 48.8 Å². The van der Waals surface area contributed by atoms with E-state index < -0.39 is 11.7 Å². The number of amides is 1. The largest absolute Gasteiger partial charge is 0.416 e. The Balaban J connectivity index is 1.14. The van der Waals surface area contributed by atoms with Gasteiger partial charge in [0, 0.05) is 24.5 Å². The predicted molar refractivity (Wildman–Crippen MR) is 181 cm³/mol. The Morgan fingerprint density at radius 3 is 2.02 bits per heavy atom. The van der Waals surface area contributed by atoms with Gasteiger partial charge in [0.1, 0.15) is 5.82 Å². The normalized spacial score (nSPS) is 13.3. The number of alkyl halides is 3. The fourth-order valence-corrected chi connectivity index (χ4v) is 5.27. The highest BCUT2D eigenvalue weighted by molar-refractivity contribution is 7.80. The van der Waals surface area contributed by atoms with Crippen LogP contribution in [-0.4, -0.2) is 32.5 Å². The highest BCUT2D eigenvalue weighted by Crippen LogP contribution is 2.30. The third-order valence-electron chi connectivity index (χ3n) is 7.63. The van der Waals surface area contributed by atoms with Gasteiger partial charge in [-0.05, 0) is 90.6 Å². The Kier molecular flexibility index (Phi) is 11.6. The summed E-state index contributed by atoms with van der Waals surface area (Å²) in [5.74, 6) is 0.991. The SMILES string of the molecule is O=C(Cc1ccc(Nc2nc(NCc3ccc(F)cc3)nc(NCC3CCCCC3)n2)cc1)NNC(=S)Nc1ccc(C(F)(F)F)cc1. The molecule has 1 aliphatic carbocycles. The molecule has 15 heteroatoms. The number of rotatable bonds is 11. The van der Waals surface area contributed by atoms with Gasteiger partial charge in [-0.1, -0.05) is 43.5 Å². The molecular formula is C33H35F4N9OS. The molecule has 0 bridgehead atoms. The number of nitrogens with zero attached hydrogens (tertiary/aromatic N) is 3. The van der Waals surface area contributed by atoms with Crippen LogP contribution in [0.3, 0.4) is 0 Å². The Morgan fingerprint density at radius 1 is 0.750 bits per heavy atom. The number of halogens is 4. The fraction of sp³-hybridized carbons (Fsp3) is 0.303. The van der Waals surface area contributed by atoms with Gasteiger partial charge in [-0.15, -0.1) is 0 Å². The lowest BCUT2D eigenvalue weighted by atomic mass is 9.89. The summed E-state index contributed by atoms with van der Waals surface area (Å²) in [6, 6.07) is 17.7. The highest BCUT2D eigenvalue weighted by Gasteiger charge is 2.30. The van der Waals surface area contributed by atoms with Gasteiger partial charge >= 0.3 is 6.18 Å². The van der Waals surface area contributed by atoms with Crippen molar-refractivity contribution < 1.29 is 22.4 Å². The van der Waals surface area contributed by atoms with Crippen LogP contribution in [0.5, 0.6) is 0 Å². The Labute approximate surface area is 280 Å². The molecule has 4 aromatic rings. The molecule has 48 heavy (non-hydrogen) atoms. The van der Waals surface area contributed by atoms with Crippen molar-refractivity contribution in [3.05, 3.63) is 95.3 Å². The average Bonchev–Trinajstić information content (AvgIpc) is 3.07. The van der Waals surface area contributed by atoms with E-state index in [2.05, 4.69) is 47.1 Å². The summed E-state index contributed by atoms with van der Waals surface area (Å²) in [6.07, 6.45) is 1.67. The molecule has 1 aromatic heterocycles. The van der Waals surface area contributed by atoms with Crippen LogP contribution in [0.2, 0.25) is 0 Å². The monoisotopic (exact) mass is 681 g/mol.